The topological polar surface area (TPSA) is 40.5 Å². The minimum absolute atomic E-state index is 0.699. The van der Waals surface area contributed by atoms with Gasteiger partial charge in [0.15, 0.2) is 0 Å². The lowest BCUT2D eigenvalue weighted by molar-refractivity contribution is 0.0716. The van der Waals surface area contributed by atoms with Crippen molar-refractivity contribution < 1.29 is 10.2 Å². The number of aliphatic hydroxyl groups is 2. The number of hydrogen-bond acceptors (Lipinski definition) is 2. The van der Waals surface area contributed by atoms with E-state index in [-0.39, 0.29) is 0 Å². The number of aliphatic hydroxyl groups excluding tert-OH is 2. The third kappa shape index (κ3) is 1.20. The van der Waals surface area contributed by atoms with Crippen LogP contribution in [0.2, 0.25) is 0 Å². The highest BCUT2D eigenvalue weighted by Crippen LogP contribution is 2.11. The van der Waals surface area contributed by atoms with Crippen LogP contribution < -0.4 is 0 Å². The van der Waals surface area contributed by atoms with Crippen LogP contribution in [-0.2, 0) is 0 Å². The van der Waals surface area contributed by atoms with Crippen molar-refractivity contribution in [2.75, 3.05) is 0 Å². The maximum absolute atomic E-state index is 9.08. The predicted octanol–water partition coefficient (Wildman–Crippen LogP) is 0.224. The van der Waals surface area contributed by atoms with Crippen LogP contribution in [0.5, 0.6) is 0 Å². The maximum Gasteiger partial charge on any atom is 0.105 e. The van der Waals surface area contributed by atoms with Gasteiger partial charge in [0.1, 0.15) is 12.2 Å². The van der Waals surface area contributed by atoms with Crippen molar-refractivity contribution in [1.29, 1.82) is 0 Å². The van der Waals surface area contributed by atoms with E-state index in [4.69, 9.17) is 10.2 Å². The van der Waals surface area contributed by atoms with Crippen molar-refractivity contribution in [3.8, 4) is 0 Å². The molecule has 9 heavy (non-hydrogen) atoms. The Balaban J connectivity index is 2.73. The van der Waals surface area contributed by atoms with Crippen molar-refractivity contribution in [3.63, 3.8) is 0 Å². The quantitative estimate of drug-likeness (QED) is 0.487. The predicted molar refractivity (Wildman–Crippen MR) is 34.9 cm³/mol. The molecule has 0 aromatic heterocycles. The molecule has 2 nitrogen and oxygen atoms in total. The Morgan fingerprint density at radius 2 is 2.11 bits per heavy atom. The second kappa shape index (κ2) is 2.33. The summed E-state index contributed by atoms with van der Waals surface area (Å²) in [6.45, 7) is 1.79. The highest BCUT2D eigenvalue weighted by molar-refractivity contribution is 5.23. The van der Waals surface area contributed by atoms with Gasteiger partial charge < -0.3 is 10.2 Å². The smallest absolute Gasteiger partial charge is 0.105 e. The van der Waals surface area contributed by atoms with Crippen LogP contribution in [0.4, 0.5) is 0 Å². The van der Waals surface area contributed by atoms with E-state index < -0.39 is 12.2 Å². The van der Waals surface area contributed by atoms with E-state index in [0.29, 0.717) is 0 Å². The molecule has 0 radical (unpaired) electrons. The molecule has 2 N–H and O–H groups in total. The Hall–Kier alpha value is -0.600. The molecule has 50 valence electrons. The van der Waals surface area contributed by atoms with Gasteiger partial charge in [-0.15, -0.1) is 0 Å². The van der Waals surface area contributed by atoms with Gasteiger partial charge in [-0.05, 0) is 12.5 Å². The van der Waals surface area contributed by atoms with Crippen molar-refractivity contribution >= 4 is 0 Å². The third-order valence-electron chi connectivity index (χ3n) is 1.46. The van der Waals surface area contributed by atoms with E-state index in [0.717, 1.165) is 5.57 Å². The molecule has 1 aliphatic rings. The van der Waals surface area contributed by atoms with Gasteiger partial charge >= 0.3 is 0 Å². The molecule has 0 amide bonds. The van der Waals surface area contributed by atoms with Gasteiger partial charge in [-0.1, -0.05) is 18.2 Å². The van der Waals surface area contributed by atoms with E-state index in [9.17, 15) is 0 Å². The molecular weight excluding hydrogens is 116 g/mol. The van der Waals surface area contributed by atoms with Crippen LogP contribution in [0.1, 0.15) is 6.92 Å². The summed E-state index contributed by atoms with van der Waals surface area (Å²) in [7, 11) is 0. The Morgan fingerprint density at radius 1 is 1.44 bits per heavy atom. The van der Waals surface area contributed by atoms with Crippen molar-refractivity contribution in [1.82, 2.24) is 0 Å². The lowest BCUT2D eigenvalue weighted by Gasteiger charge is -2.17. The Kier molecular flexibility index (Phi) is 1.69. The maximum atomic E-state index is 9.08. The lowest BCUT2D eigenvalue weighted by atomic mass is 10.0. The summed E-state index contributed by atoms with van der Waals surface area (Å²) < 4.78 is 0. The molecule has 2 heteroatoms. The Morgan fingerprint density at radius 3 is 2.56 bits per heavy atom. The monoisotopic (exact) mass is 126 g/mol. The van der Waals surface area contributed by atoms with Crippen LogP contribution >= 0.6 is 0 Å². The first-order valence-corrected chi connectivity index (χ1v) is 2.93. The second-order valence-corrected chi connectivity index (χ2v) is 2.23. The molecule has 0 spiro atoms. The average Bonchev–Trinajstić information content (AvgIpc) is 1.83. The zero-order valence-electron chi connectivity index (χ0n) is 5.28. The van der Waals surface area contributed by atoms with Gasteiger partial charge in [-0.25, -0.2) is 0 Å². The molecule has 0 aromatic rings. The van der Waals surface area contributed by atoms with E-state index in [1.165, 1.54) is 0 Å². The van der Waals surface area contributed by atoms with E-state index in [1.807, 2.05) is 0 Å². The molecule has 1 aliphatic carbocycles. The molecule has 2 atom stereocenters. The lowest BCUT2D eigenvalue weighted by Crippen LogP contribution is -2.26. The summed E-state index contributed by atoms with van der Waals surface area (Å²) in [5, 5.41) is 18.0. The number of hydrogen-bond donors (Lipinski definition) is 2. The van der Waals surface area contributed by atoms with Crippen LogP contribution in [0, 0.1) is 0 Å². The molecule has 0 aliphatic heterocycles. The van der Waals surface area contributed by atoms with E-state index >= 15 is 0 Å². The van der Waals surface area contributed by atoms with Gasteiger partial charge in [0, 0.05) is 0 Å². The fourth-order valence-corrected chi connectivity index (χ4v) is 0.794. The molecular formula is C7H10O2. The molecule has 0 bridgehead atoms. The van der Waals surface area contributed by atoms with Crippen LogP contribution in [0.15, 0.2) is 23.8 Å². The summed E-state index contributed by atoms with van der Waals surface area (Å²) in [6.07, 6.45) is 3.69. The molecule has 0 heterocycles. The summed E-state index contributed by atoms with van der Waals surface area (Å²) in [4.78, 5) is 0. The normalized spacial score (nSPS) is 34.3. The first-order chi connectivity index (χ1) is 4.22. The van der Waals surface area contributed by atoms with Gasteiger partial charge in [0.05, 0.1) is 0 Å². The standard InChI is InChI=1S/C7H10O2/c1-5-3-2-4-6(8)7(5)9/h2-4,6-9H,1H3/t6-,7-/m0/s1. The molecule has 0 unspecified atom stereocenters. The molecule has 0 fully saturated rings. The van der Waals surface area contributed by atoms with E-state index in [1.54, 1.807) is 25.2 Å². The zero-order valence-corrected chi connectivity index (χ0v) is 5.28. The minimum Gasteiger partial charge on any atom is -0.386 e. The minimum atomic E-state index is -0.713. The largest absolute Gasteiger partial charge is 0.386 e. The highest BCUT2D eigenvalue weighted by Gasteiger charge is 2.16. The second-order valence-electron chi connectivity index (χ2n) is 2.23. The number of allylic oxidation sites excluding steroid dienone is 2. The van der Waals surface area contributed by atoms with Gasteiger partial charge in [-0.3, -0.25) is 0 Å². The van der Waals surface area contributed by atoms with Crippen LogP contribution in [-0.4, -0.2) is 22.4 Å². The van der Waals surface area contributed by atoms with Crippen LogP contribution in [0.3, 0.4) is 0 Å². The van der Waals surface area contributed by atoms with Gasteiger partial charge in [-0.2, -0.15) is 0 Å². The summed E-state index contributed by atoms with van der Waals surface area (Å²) in [6, 6.07) is 0. The summed E-state index contributed by atoms with van der Waals surface area (Å²) in [5.74, 6) is 0. The fraction of sp³-hybridized carbons (Fsp3) is 0.429. The summed E-state index contributed by atoms with van der Waals surface area (Å²) >= 11 is 0. The Labute approximate surface area is 54.1 Å². The molecule has 0 saturated carbocycles. The Bertz CT molecular complexity index is 158. The SMILES string of the molecule is CC1=CC=C[C@H](O)[C@H]1O. The molecule has 0 aromatic carbocycles. The highest BCUT2D eigenvalue weighted by atomic mass is 16.3. The first-order valence-electron chi connectivity index (χ1n) is 2.93. The molecule has 1 rings (SSSR count). The third-order valence-corrected chi connectivity index (χ3v) is 1.46. The van der Waals surface area contributed by atoms with Crippen molar-refractivity contribution in [2.24, 2.45) is 0 Å². The van der Waals surface area contributed by atoms with Crippen molar-refractivity contribution in [3.05, 3.63) is 23.8 Å². The molecule has 0 saturated heterocycles. The first kappa shape index (κ1) is 6.52. The van der Waals surface area contributed by atoms with Gasteiger partial charge in [0.25, 0.3) is 0 Å². The summed E-state index contributed by atoms with van der Waals surface area (Å²) in [5.41, 5.74) is 0.810. The van der Waals surface area contributed by atoms with E-state index in [2.05, 4.69) is 0 Å². The van der Waals surface area contributed by atoms with Gasteiger partial charge in [0.2, 0.25) is 0 Å². The average molecular weight is 126 g/mol. The fourth-order valence-electron chi connectivity index (χ4n) is 0.794. The zero-order chi connectivity index (χ0) is 6.85. The van der Waals surface area contributed by atoms with Crippen LogP contribution in [0.25, 0.3) is 0 Å². The van der Waals surface area contributed by atoms with Crippen molar-refractivity contribution in [2.45, 2.75) is 19.1 Å². The number of rotatable bonds is 0.